The van der Waals surface area contributed by atoms with Crippen LogP contribution in [0.4, 0.5) is 0 Å². The van der Waals surface area contributed by atoms with Crippen molar-refractivity contribution in [2.24, 2.45) is 0 Å². The van der Waals surface area contributed by atoms with Crippen LogP contribution < -0.4 is 5.72 Å². The Morgan fingerprint density at radius 1 is 1.56 bits per heavy atom. The van der Waals surface area contributed by atoms with E-state index in [9.17, 15) is 0 Å². The Balaban J connectivity index is 0.000000640. The number of hydrogen-bond acceptors (Lipinski definition) is 3. The molecule has 6 heteroatoms. The second-order valence-corrected chi connectivity index (χ2v) is 1.35. The fraction of sp³-hybridized carbons (Fsp3) is 0. The van der Waals surface area contributed by atoms with Crippen molar-refractivity contribution in [1.82, 2.24) is 9.97 Å². The smallest absolute Gasteiger partial charge is 0.421 e. The molecule has 0 aliphatic carbocycles. The second kappa shape index (κ2) is 3.50. The maximum Gasteiger partial charge on any atom is 0.526 e. The van der Waals surface area contributed by atoms with Gasteiger partial charge in [-0.1, -0.05) is 0 Å². The van der Waals surface area contributed by atoms with E-state index in [1.54, 1.807) is 0 Å². The third-order valence-corrected chi connectivity index (χ3v) is 0.764. The third kappa shape index (κ3) is 2.05. The van der Waals surface area contributed by atoms with Gasteiger partial charge in [-0.05, 0) is 0 Å². The van der Waals surface area contributed by atoms with Gasteiger partial charge >= 0.3 is 7.12 Å². The Kier molecular flexibility index (Phi) is 3.30. The molecule has 1 aromatic rings. The molecular weight excluding hydrogens is 142 g/mol. The molecule has 3 N–H and O–H groups in total. The fourth-order valence-electron chi connectivity index (χ4n) is 0.419. The Labute approximate surface area is 58.5 Å². The molecule has 9 heavy (non-hydrogen) atoms. The molecule has 0 atom stereocenters. The number of nitrogens with one attached hydrogen (secondary N) is 1. The molecule has 1 aromatic heterocycles. The number of hydrogen-bond donors (Lipinski definition) is 3. The van der Waals surface area contributed by atoms with Crippen molar-refractivity contribution >= 4 is 25.2 Å². The van der Waals surface area contributed by atoms with E-state index < -0.39 is 7.12 Å². The quantitative estimate of drug-likeness (QED) is 0.425. The summed E-state index contributed by atoms with van der Waals surface area (Å²) in [6, 6.07) is 0. The summed E-state index contributed by atoms with van der Waals surface area (Å²) in [4.78, 5) is 6.09. The van der Waals surface area contributed by atoms with Gasteiger partial charge < -0.3 is 15.0 Å². The topological polar surface area (TPSA) is 69.1 Å². The molecule has 1 heterocycles. The van der Waals surface area contributed by atoms with Gasteiger partial charge in [0.2, 0.25) is 0 Å². The largest absolute Gasteiger partial charge is 0.526 e. The highest BCUT2D eigenvalue weighted by molar-refractivity contribution is 6.56. The molecule has 0 fully saturated rings. The van der Waals surface area contributed by atoms with Crippen LogP contribution in [0.2, 0.25) is 0 Å². The van der Waals surface area contributed by atoms with Crippen LogP contribution in [0.15, 0.2) is 12.4 Å². The highest BCUT2D eigenvalue weighted by Crippen LogP contribution is 1.68. The zero-order valence-electron chi connectivity index (χ0n) is 4.48. The van der Waals surface area contributed by atoms with E-state index in [0.29, 0.717) is 0 Å². The molecule has 0 aliphatic heterocycles. The van der Waals surface area contributed by atoms with Crippen LogP contribution in [0, 0.1) is 0 Å². The van der Waals surface area contributed by atoms with Crippen LogP contribution in [0.1, 0.15) is 0 Å². The first kappa shape index (κ1) is 8.48. The summed E-state index contributed by atoms with van der Waals surface area (Å²) in [5, 5.41) is 16.7. The van der Waals surface area contributed by atoms with Crippen molar-refractivity contribution in [3.8, 4) is 0 Å². The van der Waals surface area contributed by atoms with Crippen molar-refractivity contribution < 1.29 is 10.0 Å². The molecule has 0 radical (unpaired) electrons. The van der Waals surface area contributed by atoms with E-state index in [0.717, 1.165) is 0 Å². The average Bonchev–Trinajstić information content (AvgIpc) is 2.12. The predicted molar refractivity (Wildman–Crippen MR) is 35.7 cm³/mol. The van der Waals surface area contributed by atoms with Crippen molar-refractivity contribution in [3.05, 3.63) is 12.4 Å². The molecule has 0 aliphatic rings. The summed E-state index contributed by atoms with van der Waals surface area (Å²) >= 11 is 0. The minimum Gasteiger partial charge on any atom is -0.421 e. The normalized spacial score (nSPS) is 8.22. The molecule has 4 nitrogen and oxygen atoms in total. The first-order valence-corrected chi connectivity index (χ1v) is 2.16. The standard InChI is InChI=1S/C3H5BN2O2.ClH/c7-4(8)3-5-1-2-6-3;/h1-2,7-8H,(H,5,6);1H. The zero-order chi connectivity index (χ0) is 5.98. The summed E-state index contributed by atoms with van der Waals surface area (Å²) in [5.41, 5.74) is 0.171. The van der Waals surface area contributed by atoms with Crippen LogP contribution in [-0.2, 0) is 0 Å². The molecule has 0 unspecified atom stereocenters. The molecule has 0 saturated heterocycles. The summed E-state index contributed by atoms with van der Waals surface area (Å²) in [6.07, 6.45) is 2.98. The maximum atomic E-state index is 8.37. The lowest BCUT2D eigenvalue weighted by atomic mass is 9.91. The van der Waals surface area contributed by atoms with Crippen LogP contribution in [0.25, 0.3) is 0 Å². The van der Waals surface area contributed by atoms with Gasteiger partial charge in [-0.25, -0.2) is 4.98 Å². The van der Waals surface area contributed by atoms with Crippen LogP contribution >= 0.6 is 12.4 Å². The number of nitrogens with zero attached hydrogens (tertiary/aromatic N) is 1. The van der Waals surface area contributed by atoms with Crippen LogP contribution in [-0.4, -0.2) is 27.1 Å². The highest BCUT2D eigenvalue weighted by Gasteiger charge is 2.11. The first-order valence-electron chi connectivity index (χ1n) is 2.16. The van der Waals surface area contributed by atoms with Gasteiger partial charge in [0.25, 0.3) is 0 Å². The Hall–Kier alpha value is -0.515. The van der Waals surface area contributed by atoms with Crippen molar-refractivity contribution in [1.29, 1.82) is 0 Å². The molecule has 1 rings (SSSR count). The SMILES string of the molecule is Cl.OB(O)c1ncc[nH]1. The number of imidazole rings is 1. The average molecular weight is 148 g/mol. The first-order chi connectivity index (χ1) is 3.80. The third-order valence-electron chi connectivity index (χ3n) is 0.764. The lowest BCUT2D eigenvalue weighted by Gasteiger charge is -1.87. The Morgan fingerprint density at radius 2 is 2.22 bits per heavy atom. The van der Waals surface area contributed by atoms with Gasteiger partial charge in [0.15, 0.2) is 0 Å². The number of aromatic nitrogens is 2. The minimum absolute atomic E-state index is 0. The summed E-state index contributed by atoms with van der Waals surface area (Å²) in [7, 11) is -1.48. The number of halogens is 1. The number of aromatic amines is 1. The zero-order valence-corrected chi connectivity index (χ0v) is 5.30. The van der Waals surface area contributed by atoms with E-state index in [1.165, 1.54) is 12.4 Å². The van der Waals surface area contributed by atoms with E-state index in [1.807, 2.05) is 0 Å². The molecule has 0 saturated carbocycles. The van der Waals surface area contributed by atoms with Crippen molar-refractivity contribution in [2.45, 2.75) is 0 Å². The second-order valence-electron chi connectivity index (χ2n) is 1.35. The minimum atomic E-state index is -1.48. The number of rotatable bonds is 1. The lowest BCUT2D eigenvalue weighted by Crippen LogP contribution is -2.32. The fourth-order valence-corrected chi connectivity index (χ4v) is 0.419. The van der Waals surface area contributed by atoms with Gasteiger partial charge in [0.05, 0.1) is 0 Å². The molecule has 0 amide bonds. The molecule has 0 aromatic carbocycles. The number of H-pyrrole nitrogens is 1. The van der Waals surface area contributed by atoms with Gasteiger partial charge in [0.1, 0.15) is 5.72 Å². The summed E-state index contributed by atoms with van der Waals surface area (Å²) in [5.74, 6) is 0. The summed E-state index contributed by atoms with van der Waals surface area (Å²) in [6.45, 7) is 0. The Bertz CT molecular complexity index is 155. The predicted octanol–water partition coefficient (Wildman–Crippen LogP) is -1.49. The maximum absolute atomic E-state index is 8.37. The van der Waals surface area contributed by atoms with Crippen molar-refractivity contribution in [2.75, 3.05) is 0 Å². The molecule has 0 bridgehead atoms. The van der Waals surface area contributed by atoms with E-state index >= 15 is 0 Å². The van der Waals surface area contributed by atoms with E-state index in [-0.39, 0.29) is 18.1 Å². The highest BCUT2D eigenvalue weighted by atomic mass is 35.5. The van der Waals surface area contributed by atoms with Crippen molar-refractivity contribution in [3.63, 3.8) is 0 Å². The van der Waals surface area contributed by atoms with Gasteiger partial charge in [-0.2, -0.15) is 0 Å². The van der Waals surface area contributed by atoms with Crippen LogP contribution in [0.5, 0.6) is 0 Å². The van der Waals surface area contributed by atoms with E-state index in [2.05, 4.69) is 9.97 Å². The van der Waals surface area contributed by atoms with Gasteiger partial charge in [-0.3, -0.25) is 0 Å². The monoisotopic (exact) mass is 148 g/mol. The molecule has 50 valence electrons. The molecule has 0 spiro atoms. The van der Waals surface area contributed by atoms with Gasteiger partial charge in [-0.15, -0.1) is 12.4 Å². The van der Waals surface area contributed by atoms with E-state index in [4.69, 9.17) is 10.0 Å². The Morgan fingerprint density at radius 3 is 2.44 bits per heavy atom. The molecular formula is C3H6BClN2O2. The lowest BCUT2D eigenvalue weighted by molar-refractivity contribution is 0.423. The summed E-state index contributed by atoms with van der Waals surface area (Å²) < 4.78 is 0. The van der Waals surface area contributed by atoms with Crippen LogP contribution in [0.3, 0.4) is 0 Å². The van der Waals surface area contributed by atoms with Gasteiger partial charge in [0, 0.05) is 12.4 Å².